The molecular weight excluding hydrogens is 372 g/mol. The topological polar surface area (TPSA) is 34.4 Å². The lowest BCUT2D eigenvalue weighted by molar-refractivity contribution is 0.0998. The molecule has 0 atom stereocenters. The van der Waals surface area contributed by atoms with Crippen LogP contribution in [0.1, 0.15) is 15.9 Å². The number of terminal acetylenes is 1. The molecule has 0 unspecified atom stereocenters. The van der Waals surface area contributed by atoms with E-state index < -0.39 is 0 Å². The van der Waals surface area contributed by atoms with Gasteiger partial charge >= 0.3 is 0 Å². The lowest BCUT2D eigenvalue weighted by Gasteiger charge is -2.02. The minimum Gasteiger partial charge on any atom is -0.304 e. The van der Waals surface area contributed by atoms with Crippen molar-refractivity contribution in [2.45, 2.75) is 13.5 Å². The Kier molecular flexibility index (Phi) is 4.46. The lowest BCUT2D eigenvalue weighted by Crippen LogP contribution is -2.16. The minimum atomic E-state index is -0.271. The van der Waals surface area contributed by atoms with Crippen molar-refractivity contribution in [3.63, 3.8) is 0 Å². The van der Waals surface area contributed by atoms with E-state index in [1.165, 1.54) is 11.3 Å². The average molecular weight is 385 g/mol. The Labute approximate surface area is 146 Å². The molecule has 0 spiro atoms. The third-order valence-corrected chi connectivity index (χ3v) is 5.01. The molecule has 0 aliphatic heterocycles. The van der Waals surface area contributed by atoms with Crippen LogP contribution in [0.25, 0.3) is 10.2 Å². The number of para-hydroxylation sites is 1. The van der Waals surface area contributed by atoms with Crippen LogP contribution < -0.4 is 4.80 Å². The molecule has 1 amide bonds. The maximum absolute atomic E-state index is 12.4. The van der Waals surface area contributed by atoms with Crippen LogP contribution in [-0.4, -0.2) is 10.5 Å². The van der Waals surface area contributed by atoms with Crippen molar-refractivity contribution >= 4 is 43.4 Å². The van der Waals surface area contributed by atoms with E-state index in [0.29, 0.717) is 16.9 Å². The van der Waals surface area contributed by atoms with Crippen molar-refractivity contribution in [3.8, 4) is 12.3 Å². The molecule has 3 aromatic rings. The zero-order chi connectivity index (χ0) is 16.4. The average Bonchev–Trinajstić information content (AvgIpc) is 2.87. The number of carbonyl (C=O) groups is 1. The van der Waals surface area contributed by atoms with E-state index in [2.05, 4.69) is 26.8 Å². The highest BCUT2D eigenvalue weighted by Gasteiger charge is 2.10. The van der Waals surface area contributed by atoms with Gasteiger partial charge in [-0.15, -0.1) is 6.42 Å². The van der Waals surface area contributed by atoms with Crippen LogP contribution in [0.4, 0.5) is 0 Å². The van der Waals surface area contributed by atoms with Crippen LogP contribution in [0.15, 0.2) is 51.9 Å². The molecule has 0 radical (unpaired) electrons. The van der Waals surface area contributed by atoms with Gasteiger partial charge in [-0.05, 0) is 42.8 Å². The predicted octanol–water partition coefficient (Wildman–Crippen LogP) is 4.15. The summed E-state index contributed by atoms with van der Waals surface area (Å²) in [5, 5.41) is 0. The van der Waals surface area contributed by atoms with E-state index in [-0.39, 0.29) is 5.91 Å². The molecule has 1 aromatic heterocycles. The number of fused-ring (bicyclic) bond motifs is 1. The number of carbonyl (C=O) groups excluding carboxylic acids is 1. The molecule has 0 saturated carbocycles. The van der Waals surface area contributed by atoms with Gasteiger partial charge in [0, 0.05) is 10.0 Å². The number of rotatable bonds is 2. The monoisotopic (exact) mass is 384 g/mol. The molecule has 0 saturated heterocycles. The largest absolute Gasteiger partial charge is 0.304 e. The van der Waals surface area contributed by atoms with Gasteiger partial charge in [-0.3, -0.25) is 4.79 Å². The number of hydrogen-bond acceptors (Lipinski definition) is 2. The van der Waals surface area contributed by atoms with Gasteiger partial charge < -0.3 is 4.57 Å². The Morgan fingerprint density at radius 3 is 2.74 bits per heavy atom. The summed E-state index contributed by atoms with van der Waals surface area (Å²) in [7, 11) is 0. The molecular formula is C18H13BrN2OS. The SMILES string of the molecule is C#CCn1c(=NC(=O)c2ccc(Br)cc2)sc2cccc(C)c21. The zero-order valence-electron chi connectivity index (χ0n) is 12.4. The molecule has 1 heterocycles. The minimum absolute atomic E-state index is 0.271. The fourth-order valence-corrected chi connectivity index (χ4v) is 3.74. The first kappa shape index (κ1) is 15.7. The van der Waals surface area contributed by atoms with Crippen molar-refractivity contribution in [1.29, 1.82) is 0 Å². The second-order valence-electron chi connectivity index (χ2n) is 5.02. The smallest absolute Gasteiger partial charge is 0.279 e. The predicted molar refractivity (Wildman–Crippen MR) is 97.4 cm³/mol. The first-order valence-corrected chi connectivity index (χ1v) is 8.58. The van der Waals surface area contributed by atoms with Gasteiger partial charge in [0.05, 0.1) is 16.8 Å². The number of halogens is 1. The molecule has 3 rings (SSSR count). The Morgan fingerprint density at radius 2 is 2.04 bits per heavy atom. The van der Waals surface area contributed by atoms with Crippen molar-refractivity contribution in [1.82, 2.24) is 4.57 Å². The van der Waals surface area contributed by atoms with Gasteiger partial charge in [0.15, 0.2) is 4.80 Å². The van der Waals surface area contributed by atoms with Crippen LogP contribution in [-0.2, 0) is 6.54 Å². The van der Waals surface area contributed by atoms with E-state index in [0.717, 1.165) is 20.3 Å². The van der Waals surface area contributed by atoms with E-state index in [1.54, 1.807) is 12.1 Å². The van der Waals surface area contributed by atoms with E-state index in [4.69, 9.17) is 6.42 Å². The number of thiazole rings is 1. The van der Waals surface area contributed by atoms with Gasteiger partial charge in [-0.1, -0.05) is 45.3 Å². The van der Waals surface area contributed by atoms with Crippen LogP contribution >= 0.6 is 27.3 Å². The maximum atomic E-state index is 12.4. The molecule has 0 aliphatic carbocycles. The van der Waals surface area contributed by atoms with E-state index in [1.807, 2.05) is 41.8 Å². The first-order valence-electron chi connectivity index (χ1n) is 6.97. The summed E-state index contributed by atoms with van der Waals surface area (Å²) >= 11 is 4.83. The normalized spacial score (nSPS) is 11.6. The summed E-state index contributed by atoms with van der Waals surface area (Å²) in [4.78, 5) is 17.3. The molecule has 2 aromatic carbocycles. The quantitative estimate of drug-likeness (QED) is 0.611. The van der Waals surface area contributed by atoms with Gasteiger partial charge in [0.25, 0.3) is 5.91 Å². The number of aryl methyl sites for hydroxylation is 1. The second-order valence-corrected chi connectivity index (χ2v) is 6.95. The Hall–Kier alpha value is -2.16. The Balaban J connectivity index is 2.17. The summed E-state index contributed by atoms with van der Waals surface area (Å²) in [6, 6.07) is 13.2. The third kappa shape index (κ3) is 3.14. The summed E-state index contributed by atoms with van der Waals surface area (Å²) in [6.07, 6.45) is 5.49. The zero-order valence-corrected chi connectivity index (χ0v) is 14.8. The number of hydrogen-bond donors (Lipinski definition) is 0. The number of benzene rings is 2. The van der Waals surface area contributed by atoms with Gasteiger partial charge in [0.2, 0.25) is 0 Å². The Morgan fingerprint density at radius 1 is 1.30 bits per heavy atom. The molecule has 0 bridgehead atoms. The second kappa shape index (κ2) is 6.53. The third-order valence-electron chi connectivity index (χ3n) is 3.44. The standard InChI is InChI=1S/C18H13BrN2OS/c1-3-11-21-16-12(2)5-4-6-15(16)23-18(21)20-17(22)13-7-9-14(19)10-8-13/h1,4-10H,11H2,2H3. The fraction of sp³-hybridized carbons (Fsp3) is 0.111. The molecule has 3 nitrogen and oxygen atoms in total. The highest BCUT2D eigenvalue weighted by atomic mass is 79.9. The van der Waals surface area contributed by atoms with Crippen molar-refractivity contribution in [2.75, 3.05) is 0 Å². The lowest BCUT2D eigenvalue weighted by atomic mass is 10.2. The van der Waals surface area contributed by atoms with E-state index >= 15 is 0 Å². The highest BCUT2D eigenvalue weighted by molar-refractivity contribution is 9.10. The van der Waals surface area contributed by atoms with Crippen LogP contribution in [0.2, 0.25) is 0 Å². The molecule has 0 aliphatic rings. The first-order chi connectivity index (χ1) is 11.1. The molecule has 5 heteroatoms. The van der Waals surface area contributed by atoms with Gasteiger partial charge in [0.1, 0.15) is 0 Å². The highest BCUT2D eigenvalue weighted by Crippen LogP contribution is 2.21. The molecule has 0 fully saturated rings. The van der Waals surface area contributed by atoms with Crippen LogP contribution in [0.3, 0.4) is 0 Å². The van der Waals surface area contributed by atoms with Gasteiger partial charge in [-0.2, -0.15) is 4.99 Å². The maximum Gasteiger partial charge on any atom is 0.279 e. The number of amides is 1. The summed E-state index contributed by atoms with van der Waals surface area (Å²) in [6.45, 7) is 2.42. The molecule has 114 valence electrons. The summed E-state index contributed by atoms with van der Waals surface area (Å²) in [5.74, 6) is 2.37. The summed E-state index contributed by atoms with van der Waals surface area (Å²) in [5.41, 5.74) is 2.71. The van der Waals surface area contributed by atoms with Crippen LogP contribution in [0.5, 0.6) is 0 Å². The van der Waals surface area contributed by atoms with Crippen molar-refractivity contribution < 1.29 is 4.79 Å². The van der Waals surface area contributed by atoms with Crippen molar-refractivity contribution in [3.05, 3.63) is 62.9 Å². The van der Waals surface area contributed by atoms with Crippen LogP contribution in [0, 0.1) is 19.3 Å². The fourth-order valence-electron chi connectivity index (χ4n) is 2.37. The summed E-state index contributed by atoms with van der Waals surface area (Å²) < 4.78 is 3.92. The molecule has 0 N–H and O–H groups in total. The number of nitrogens with zero attached hydrogens (tertiary/aromatic N) is 2. The number of aromatic nitrogens is 1. The Bertz CT molecular complexity index is 991. The van der Waals surface area contributed by atoms with E-state index in [9.17, 15) is 4.79 Å². The van der Waals surface area contributed by atoms with Gasteiger partial charge in [-0.25, -0.2) is 0 Å². The van der Waals surface area contributed by atoms with Crippen molar-refractivity contribution in [2.24, 2.45) is 4.99 Å². The molecule has 23 heavy (non-hydrogen) atoms.